The van der Waals surface area contributed by atoms with E-state index in [1.54, 1.807) is 4.90 Å². The molecule has 0 unspecified atom stereocenters. The number of nitrogens with zero attached hydrogens (tertiary/aromatic N) is 2. The van der Waals surface area contributed by atoms with Crippen LogP contribution in [0.3, 0.4) is 0 Å². The van der Waals surface area contributed by atoms with Crippen LogP contribution in [0.1, 0.15) is 32.5 Å². The molecule has 21 heavy (non-hydrogen) atoms. The normalized spacial score (nSPS) is 16.1. The van der Waals surface area contributed by atoms with Crippen molar-refractivity contribution < 1.29 is 9.53 Å². The molecule has 1 N–H and O–H groups in total. The van der Waals surface area contributed by atoms with Crippen LogP contribution in [0.15, 0.2) is 18.2 Å². The highest BCUT2D eigenvalue weighted by Crippen LogP contribution is 2.28. The number of aromatic amines is 1. The Morgan fingerprint density at radius 2 is 2.14 bits per heavy atom. The maximum absolute atomic E-state index is 11.9. The van der Waals surface area contributed by atoms with Crippen LogP contribution < -0.4 is 0 Å². The van der Waals surface area contributed by atoms with Gasteiger partial charge in [-0.05, 0) is 39.0 Å². The SMILES string of the molecule is CC(C)(C)OC(=O)N1CC(c2nc3cc(Cl)ccc3[nH]2)C1. The van der Waals surface area contributed by atoms with E-state index < -0.39 is 5.60 Å². The minimum Gasteiger partial charge on any atom is -0.444 e. The maximum Gasteiger partial charge on any atom is 0.410 e. The lowest BCUT2D eigenvalue weighted by Crippen LogP contribution is -2.50. The Kier molecular flexibility index (Phi) is 3.32. The number of carbonyl (C=O) groups excluding carboxylic acids is 1. The highest BCUT2D eigenvalue weighted by molar-refractivity contribution is 6.31. The van der Waals surface area contributed by atoms with Crippen molar-refractivity contribution in [3.63, 3.8) is 0 Å². The van der Waals surface area contributed by atoms with Gasteiger partial charge in [0.1, 0.15) is 11.4 Å². The predicted molar refractivity (Wildman–Crippen MR) is 81.7 cm³/mol. The van der Waals surface area contributed by atoms with Crippen LogP contribution in [-0.2, 0) is 4.74 Å². The summed E-state index contributed by atoms with van der Waals surface area (Å²) < 4.78 is 5.34. The molecule has 2 aromatic rings. The van der Waals surface area contributed by atoms with Crippen molar-refractivity contribution in [1.29, 1.82) is 0 Å². The van der Waals surface area contributed by atoms with Crippen molar-refractivity contribution in [1.82, 2.24) is 14.9 Å². The van der Waals surface area contributed by atoms with Crippen molar-refractivity contribution >= 4 is 28.7 Å². The van der Waals surface area contributed by atoms with E-state index >= 15 is 0 Å². The first-order valence-electron chi connectivity index (χ1n) is 6.95. The molecule has 0 saturated carbocycles. The molecule has 1 saturated heterocycles. The molecule has 0 aliphatic carbocycles. The lowest BCUT2D eigenvalue weighted by atomic mass is 10.0. The summed E-state index contributed by atoms with van der Waals surface area (Å²) in [6.45, 7) is 6.85. The Bertz CT molecular complexity index is 684. The van der Waals surface area contributed by atoms with Crippen molar-refractivity contribution in [2.24, 2.45) is 0 Å². The zero-order valence-electron chi connectivity index (χ0n) is 12.3. The number of hydrogen-bond donors (Lipinski definition) is 1. The molecule has 0 atom stereocenters. The predicted octanol–water partition coefficient (Wildman–Crippen LogP) is 3.55. The average Bonchev–Trinajstić information content (AvgIpc) is 2.66. The number of aromatic nitrogens is 2. The number of rotatable bonds is 1. The topological polar surface area (TPSA) is 58.2 Å². The Morgan fingerprint density at radius 3 is 2.81 bits per heavy atom. The van der Waals surface area contributed by atoms with Crippen molar-refractivity contribution in [2.45, 2.75) is 32.3 Å². The van der Waals surface area contributed by atoms with Gasteiger partial charge in [-0.2, -0.15) is 0 Å². The standard InChI is InChI=1S/C15H18ClN3O2/c1-15(2,3)21-14(20)19-7-9(8-19)13-17-11-5-4-10(16)6-12(11)18-13/h4-6,9H,7-8H2,1-3H3,(H,17,18). The van der Waals surface area contributed by atoms with E-state index in [1.165, 1.54) is 0 Å². The molecule has 112 valence electrons. The Morgan fingerprint density at radius 1 is 1.43 bits per heavy atom. The maximum atomic E-state index is 11.9. The fourth-order valence-electron chi connectivity index (χ4n) is 2.32. The lowest BCUT2D eigenvalue weighted by molar-refractivity contribution is 0.00761. The molecule has 2 heterocycles. The van der Waals surface area contributed by atoms with Crippen LogP contribution in [0.5, 0.6) is 0 Å². The molecule has 1 amide bonds. The number of benzene rings is 1. The molecular formula is C15H18ClN3O2. The van der Waals surface area contributed by atoms with Gasteiger partial charge in [-0.25, -0.2) is 9.78 Å². The van der Waals surface area contributed by atoms with Crippen molar-refractivity contribution in [2.75, 3.05) is 13.1 Å². The molecule has 1 aromatic heterocycles. The summed E-state index contributed by atoms with van der Waals surface area (Å²) >= 11 is 5.96. The van der Waals surface area contributed by atoms with Crippen molar-refractivity contribution in [3.05, 3.63) is 29.0 Å². The molecule has 5 nitrogen and oxygen atoms in total. The number of amides is 1. The number of hydrogen-bond acceptors (Lipinski definition) is 3. The minimum atomic E-state index is -0.460. The molecule has 1 aliphatic heterocycles. The first-order chi connectivity index (χ1) is 9.82. The van der Waals surface area contributed by atoms with Crippen LogP contribution in [0.2, 0.25) is 5.02 Å². The fraction of sp³-hybridized carbons (Fsp3) is 0.467. The molecule has 0 bridgehead atoms. The fourth-order valence-corrected chi connectivity index (χ4v) is 2.49. The van der Waals surface area contributed by atoms with E-state index in [0.29, 0.717) is 18.1 Å². The van der Waals surface area contributed by atoms with Crippen LogP contribution in [0.25, 0.3) is 11.0 Å². The number of carbonyl (C=O) groups is 1. The number of ether oxygens (including phenoxy) is 1. The third kappa shape index (κ3) is 2.97. The minimum absolute atomic E-state index is 0.226. The number of H-pyrrole nitrogens is 1. The summed E-state index contributed by atoms with van der Waals surface area (Å²) in [5.41, 5.74) is 1.36. The summed E-state index contributed by atoms with van der Waals surface area (Å²) in [7, 11) is 0. The largest absolute Gasteiger partial charge is 0.444 e. The van der Waals surface area contributed by atoms with E-state index in [1.807, 2.05) is 39.0 Å². The van der Waals surface area contributed by atoms with Crippen LogP contribution in [0, 0.1) is 0 Å². The van der Waals surface area contributed by atoms with E-state index in [-0.39, 0.29) is 12.0 Å². The van der Waals surface area contributed by atoms with Crippen LogP contribution in [-0.4, -0.2) is 39.7 Å². The molecule has 0 radical (unpaired) electrons. The number of nitrogens with one attached hydrogen (secondary N) is 1. The second kappa shape index (κ2) is 4.91. The molecule has 1 aliphatic rings. The highest BCUT2D eigenvalue weighted by atomic mass is 35.5. The highest BCUT2D eigenvalue weighted by Gasteiger charge is 2.36. The van der Waals surface area contributed by atoms with E-state index in [0.717, 1.165) is 16.9 Å². The van der Waals surface area contributed by atoms with Gasteiger partial charge in [-0.3, -0.25) is 0 Å². The summed E-state index contributed by atoms with van der Waals surface area (Å²) in [6, 6.07) is 5.58. The van der Waals surface area contributed by atoms with Gasteiger partial charge in [0, 0.05) is 18.1 Å². The van der Waals surface area contributed by atoms with Gasteiger partial charge in [0.25, 0.3) is 0 Å². The summed E-state index contributed by atoms with van der Waals surface area (Å²) in [5, 5.41) is 0.671. The molecule has 3 rings (SSSR count). The number of fused-ring (bicyclic) bond motifs is 1. The zero-order chi connectivity index (χ0) is 15.2. The van der Waals surface area contributed by atoms with Gasteiger partial charge in [0.05, 0.1) is 17.0 Å². The van der Waals surface area contributed by atoms with Gasteiger partial charge < -0.3 is 14.6 Å². The van der Waals surface area contributed by atoms with Crippen molar-refractivity contribution in [3.8, 4) is 0 Å². The van der Waals surface area contributed by atoms with E-state index in [9.17, 15) is 4.79 Å². The average molecular weight is 308 g/mol. The van der Waals surface area contributed by atoms with Gasteiger partial charge in [0.2, 0.25) is 0 Å². The summed E-state index contributed by atoms with van der Waals surface area (Å²) in [6.07, 6.45) is -0.266. The first kappa shape index (κ1) is 14.2. The summed E-state index contributed by atoms with van der Waals surface area (Å²) in [4.78, 5) is 21.4. The smallest absolute Gasteiger partial charge is 0.410 e. The summed E-state index contributed by atoms with van der Waals surface area (Å²) in [5.74, 6) is 1.12. The Hall–Kier alpha value is -1.75. The molecular weight excluding hydrogens is 290 g/mol. The van der Waals surface area contributed by atoms with Gasteiger partial charge in [-0.1, -0.05) is 11.6 Å². The van der Waals surface area contributed by atoms with Gasteiger partial charge in [0.15, 0.2) is 0 Å². The number of likely N-dealkylation sites (tertiary alicyclic amines) is 1. The third-order valence-corrected chi connectivity index (χ3v) is 3.62. The second-order valence-electron chi connectivity index (χ2n) is 6.37. The van der Waals surface area contributed by atoms with E-state index in [4.69, 9.17) is 16.3 Å². The Balaban J connectivity index is 1.66. The molecule has 1 fully saturated rings. The van der Waals surface area contributed by atoms with Gasteiger partial charge >= 0.3 is 6.09 Å². The quantitative estimate of drug-likeness (QED) is 0.876. The number of imidazole rings is 1. The van der Waals surface area contributed by atoms with E-state index in [2.05, 4.69) is 9.97 Å². The molecule has 1 aromatic carbocycles. The zero-order valence-corrected chi connectivity index (χ0v) is 13.1. The monoisotopic (exact) mass is 307 g/mol. The van der Waals surface area contributed by atoms with Gasteiger partial charge in [-0.15, -0.1) is 0 Å². The lowest BCUT2D eigenvalue weighted by Gasteiger charge is -2.38. The second-order valence-corrected chi connectivity index (χ2v) is 6.80. The molecule has 0 spiro atoms. The molecule has 6 heteroatoms. The first-order valence-corrected chi connectivity index (χ1v) is 7.33. The van der Waals surface area contributed by atoms with Crippen LogP contribution in [0.4, 0.5) is 4.79 Å². The van der Waals surface area contributed by atoms with Crippen LogP contribution >= 0.6 is 11.6 Å². The Labute approximate surface area is 128 Å². The third-order valence-electron chi connectivity index (χ3n) is 3.38. The number of halogens is 1.